The first-order valence-corrected chi connectivity index (χ1v) is 15.1. The lowest BCUT2D eigenvalue weighted by atomic mass is 9.55. The van der Waals surface area contributed by atoms with Gasteiger partial charge >= 0.3 is 11.9 Å². The number of cyclic esters (lactones) is 1. The molecular weight excluding hydrogens is 420 g/mol. The normalized spacial score (nSPS) is 32.6. The standard InChI is InChI=1S/C26H46O5Si/c1-11-25(6,17-30-32(9,10)24(3,4)5)16-20-26(7)18(2)12-13-19(14-15-21(27)29-8)22(26)23(28)31-20/h11,18-20,22H,1,12-17H2,2-10H3/t18-,19+,20+,22-,25-,26+/m1/s1. The molecule has 6 atom stereocenters. The highest BCUT2D eigenvalue weighted by Crippen LogP contribution is 2.58. The maximum absolute atomic E-state index is 13.1. The molecule has 2 fully saturated rings. The molecule has 0 amide bonds. The van der Waals surface area contributed by atoms with E-state index in [1.807, 2.05) is 6.08 Å². The summed E-state index contributed by atoms with van der Waals surface area (Å²) in [7, 11) is -0.489. The molecule has 0 aromatic heterocycles. The third-order valence-corrected chi connectivity index (χ3v) is 13.5. The second-order valence-corrected chi connectivity index (χ2v) is 17.0. The van der Waals surface area contributed by atoms with E-state index < -0.39 is 8.32 Å². The zero-order chi connectivity index (χ0) is 24.5. The highest BCUT2D eigenvalue weighted by atomic mass is 28.4. The molecule has 184 valence electrons. The number of carbonyl (C=O) groups excluding carboxylic acids is 2. The van der Waals surface area contributed by atoms with E-state index in [2.05, 4.69) is 61.2 Å². The molecule has 0 radical (unpaired) electrons. The van der Waals surface area contributed by atoms with Gasteiger partial charge in [-0.05, 0) is 55.7 Å². The van der Waals surface area contributed by atoms with Crippen molar-refractivity contribution >= 4 is 20.3 Å². The molecule has 0 spiro atoms. The summed E-state index contributed by atoms with van der Waals surface area (Å²) in [6, 6.07) is 0. The van der Waals surface area contributed by atoms with E-state index in [9.17, 15) is 9.59 Å². The highest BCUT2D eigenvalue weighted by Gasteiger charge is 2.61. The quantitative estimate of drug-likeness (QED) is 0.232. The molecule has 1 saturated heterocycles. The first-order chi connectivity index (χ1) is 14.6. The Balaban J connectivity index is 2.21. The number of hydrogen-bond acceptors (Lipinski definition) is 5. The van der Waals surface area contributed by atoms with Gasteiger partial charge in [0.25, 0.3) is 0 Å². The predicted octanol–water partition coefficient (Wildman–Crippen LogP) is 6.14. The number of hydrogen-bond donors (Lipinski definition) is 0. The Morgan fingerprint density at radius 3 is 2.44 bits per heavy atom. The van der Waals surface area contributed by atoms with Crippen LogP contribution in [0.3, 0.4) is 0 Å². The summed E-state index contributed by atoms with van der Waals surface area (Å²) < 4.78 is 17.5. The number of carbonyl (C=O) groups is 2. The van der Waals surface area contributed by atoms with Crippen molar-refractivity contribution in [2.24, 2.45) is 28.6 Å². The van der Waals surface area contributed by atoms with Crippen molar-refractivity contribution < 1.29 is 23.5 Å². The van der Waals surface area contributed by atoms with Crippen LogP contribution in [0.1, 0.15) is 73.6 Å². The molecule has 32 heavy (non-hydrogen) atoms. The van der Waals surface area contributed by atoms with Crippen molar-refractivity contribution in [3.05, 3.63) is 12.7 Å². The summed E-state index contributed by atoms with van der Waals surface area (Å²) in [5.74, 6) is 0.0437. The molecule has 1 heterocycles. The second-order valence-electron chi connectivity index (χ2n) is 12.2. The second kappa shape index (κ2) is 9.61. The zero-order valence-electron chi connectivity index (χ0n) is 21.9. The van der Waals surface area contributed by atoms with Gasteiger partial charge in [0.1, 0.15) is 6.10 Å². The Hall–Kier alpha value is -1.14. The molecule has 5 nitrogen and oxygen atoms in total. The molecule has 0 bridgehead atoms. The molecule has 2 rings (SSSR count). The minimum absolute atomic E-state index is 0.101. The van der Waals surface area contributed by atoms with Crippen LogP contribution in [0, 0.1) is 28.6 Å². The molecule has 1 saturated carbocycles. The molecule has 1 aliphatic heterocycles. The molecule has 0 N–H and O–H groups in total. The smallest absolute Gasteiger partial charge is 0.310 e. The number of rotatable bonds is 9. The van der Waals surface area contributed by atoms with E-state index in [0.29, 0.717) is 31.8 Å². The fraction of sp³-hybridized carbons (Fsp3) is 0.846. The van der Waals surface area contributed by atoms with E-state index in [4.69, 9.17) is 13.9 Å². The summed E-state index contributed by atoms with van der Waals surface area (Å²) in [5, 5.41) is 0.136. The van der Waals surface area contributed by atoms with Gasteiger partial charge in [-0.1, -0.05) is 47.6 Å². The maximum atomic E-state index is 13.1. The van der Waals surface area contributed by atoms with E-state index in [-0.39, 0.29) is 45.7 Å². The van der Waals surface area contributed by atoms with Gasteiger partial charge in [-0.25, -0.2) is 0 Å². The SMILES string of the molecule is C=C[C@@](C)(CO[Si](C)(C)C(C)(C)C)C[C@@H]1OC(=O)[C@H]2[C@H](CCC(=O)OC)CC[C@@H](C)[C@@]12C. The molecule has 0 aromatic carbocycles. The lowest BCUT2D eigenvalue weighted by Crippen LogP contribution is -2.48. The molecule has 1 aliphatic carbocycles. The Morgan fingerprint density at radius 1 is 1.28 bits per heavy atom. The van der Waals surface area contributed by atoms with Crippen LogP contribution in [0.4, 0.5) is 0 Å². The van der Waals surface area contributed by atoms with E-state index in [0.717, 1.165) is 12.8 Å². The van der Waals surface area contributed by atoms with Crippen LogP contribution >= 0.6 is 0 Å². The zero-order valence-corrected chi connectivity index (χ0v) is 22.9. The lowest BCUT2D eigenvalue weighted by Gasteiger charge is -2.47. The van der Waals surface area contributed by atoms with Gasteiger partial charge in [0.2, 0.25) is 0 Å². The lowest BCUT2D eigenvalue weighted by molar-refractivity contribution is -0.147. The largest absolute Gasteiger partial charge is 0.469 e. The first kappa shape index (κ1) is 27.1. The van der Waals surface area contributed by atoms with Crippen molar-refractivity contribution in [3.8, 4) is 0 Å². The minimum atomic E-state index is -1.90. The third-order valence-electron chi connectivity index (χ3n) is 9.04. The number of esters is 2. The topological polar surface area (TPSA) is 61.8 Å². The van der Waals surface area contributed by atoms with E-state index in [1.54, 1.807) is 0 Å². The molecular formula is C26H46O5Si. The van der Waals surface area contributed by atoms with Gasteiger partial charge in [-0.3, -0.25) is 9.59 Å². The van der Waals surface area contributed by atoms with Gasteiger partial charge < -0.3 is 13.9 Å². The molecule has 0 aromatic rings. The average Bonchev–Trinajstić information content (AvgIpc) is 2.96. The Labute approximate surface area is 196 Å². The van der Waals surface area contributed by atoms with Crippen molar-refractivity contribution in [2.75, 3.05) is 13.7 Å². The van der Waals surface area contributed by atoms with Gasteiger partial charge in [0, 0.05) is 23.9 Å². The van der Waals surface area contributed by atoms with Crippen LogP contribution in [0.5, 0.6) is 0 Å². The van der Waals surface area contributed by atoms with E-state index in [1.165, 1.54) is 7.11 Å². The van der Waals surface area contributed by atoms with Crippen LogP contribution in [-0.4, -0.2) is 40.1 Å². The van der Waals surface area contributed by atoms with Crippen molar-refractivity contribution in [1.29, 1.82) is 0 Å². The van der Waals surface area contributed by atoms with Crippen LogP contribution < -0.4 is 0 Å². The Morgan fingerprint density at radius 2 is 1.91 bits per heavy atom. The molecule has 0 unspecified atom stereocenters. The number of methoxy groups -OCH3 is 1. The average molecular weight is 467 g/mol. The summed E-state index contributed by atoms with van der Waals surface area (Å²) >= 11 is 0. The monoisotopic (exact) mass is 466 g/mol. The van der Waals surface area contributed by atoms with Crippen LogP contribution in [0.2, 0.25) is 18.1 Å². The highest BCUT2D eigenvalue weighted by molar-refractivity contribution is 6.74. The minimum Gasteiger partial charge on any atom is -0.469 e. The van der Waals surface area contributed by atoms with Crippen LogP contribution in [0.25, 0.3) is 0 Å². The van der Waals surface area contributed by atoms with Gasteiger partial charge in [0.05, 0.1) is 13.0 Å². The number of ether oxygens (including phenoxy) is 2. The van der Waals surface area contributed by atoms with E-state index >= 15 is 0 Å². The molecule has 2 aliphatic rings. The van der Waals surface area contributed by atoms with Gasteiger partial charge in [-0.2, -0.15) is 0 Å². The third kappa shape index (κ3) is 5.32. The van der Waals surface area contributed by atoms with Crippen molar-refractivity contribution in [2.45, 2.75) is 97.9 Å². The van der Waals surface area contributed by atoms with Crippen LogP contribution in [0.15, 0.2) is 12.7 Å². The predicted molar refractivity (Wildman–Crippen MR) is 131 cm³/mol. The van der Waals surface area contributed by atoms with Crippen molar-refractivity contribution in [3.63, 3.8) is 0 Å². The fourth-order valence-electron chi connectivity index (χ4n) is 5.23. The fourth-order valence-corrected chi connectivity index (χ4v) is 6.35. The van der Waals surface area contributed by atoms with Gasteiger partial charge in [-0.15, -0.1) is 6.58 Å². The Bertz CT molecular complexity index is 711. The Kier molecular flexibility index (Phi) is 8.14. The van der Waals surface area contributed by atoms with Crippen molar-refractivity contribution in [1.82, 2.24) is 0 Å². The van der Waals surface area contributed by atoms with Gasteiger partial charge in [0.15, 0.2) is 8.32 Å². The van der Waals surface area contributed by atoms with Crippen LogP contribution in [-0.2, 0) is 23.5 Å². The summed E-state index contributed by atoms with van der Waals surface area (Å²) in [5.41, 5.74) is -0.533. The molecule has 6 heteroatoms. The maximum Gasteiger partial charge on any atom is 0.310 e. The summed E-state index contributed by atoms with van der Waals surface area (Å²) in [6.45, 7) is 22.6. The number of fused-ring (bicyclic) bond motifs is 1. The summed E-state index contributed by atoms with van der Waals surface area (Å²) in [4.78, 5) is 24.9. The first-order valence-electron chi connectivity index (χ1n) is 12.2. The summed E-state index contributed by atoms with van der Waals surface area (Å²) in [6.07, 6.45) is 5.52.